The van der Waals surface area contributed by atoms with E-state index < -0.39 is 27.7 Å². The van der Waals surface area contributed by atoms with Crippen LogP contribution in [0.3, 0.4) is 0 Å². The number of nitrogens with zero attached hydrogens (tertiary/aromatic N) is 3. The van der Waals surface area contributed by atoms with Gasteiger partial charge in [-0.15, -0.1) is 0 Å². The number of sulfonamides is 1. The van der Waals surface area contributed by atoms with Crippen LogP contribution in [0.1, 0.15) is 35.4 Å². The van der Waals surface area contributed by atoms with Gasteiger partial charge in [0.25, 0.3) is 0 Å². The van der Waals surface area contributed by atoms with Crippen molar-refractivity contribution in [1.29, 1.82) is 0 Å². The molecule has 0 atom stereocenters. The molecular formula is C23H23F4N5O2S. The van der Waals surface area contributed by atoms with Crippen molar-refractivity contribution in [3.8, 4) is 5.69 Å². The normalized spacial score (nSPS) is 13.9. The highest BCUT2D eigenvalue weighted by Crippen LogP contribution is 2.36. The first-order chi connectivity index (χ1) is 16.5. The standard InChI is InChI=1S/C16H17F4N3O2S.C7H6N2/c1-26(24,25)21-9-10-6-7-11(8-13(10)17)23-14-5-3-2-4-12(14)15(22-23)16(18,19)20;1-2-4-7-6(3-1)5-8-9-7/h6-8,21H,2-5,9H2,1H3;1-5H,(H,8,9). The zero-order valence-corrected chi connectivity index (χ0v) is 19.5. The smallest absolute Gasteiger partial charge is 0.278 e. The fourth-order valence-electron chi connectivity index (χ4n) is 3.94. The van der Waals surface area contributed by atoms with Crippen molar-refractivity contribution in [2.45, 2.75) is 38.4 Å². The van der Waals surface area contributed by atoms with E-state index in [2.05, 4.69) is 20.0 Å². The lowest BCUT2D eigenvalue weighted by Crippen LogP contribution is -2.21. The third-order valence-corrected chi connectivity index (χ3v) is 6.27. The van der Waals surface area contributed by atoms with Crippen molar-refractivity contribution in [1.82, 2.24) is 24.7 Å². The van der Waals surface area contributed by atoms with Crippen LogP contribution >= 0.6 is 0 Å². The van der Waals surface area contributed by atoms with Gasteiger partial charge >= 0.3 is 6.18 Å². The summed E-state index contributed by atoms with van der Waals surface area (Å²) in [6, 6.07) is 11.9. The van der Waals surface area contributed by atoms with Crippen LogP contribution in [0.2, 0.25) is 0 Å². The molecule has 2 aromatic carbocycles. The molecule has 2 aromatic heterocycles. The topological polar surface area (TPSA) is 92.7 Å². The van der Waals surface area contributed by atoms with E-state index in [1.807, 2.05) is 30.5 Å². The number of hydrogen-bond acceptors (Lipinski definition) is 4. The molecule has 0 fully saturated rings. The molecule has 5 rings (SSSR count). The summed E-state index contributed by atoms with van der Waals surface area (Å²) in [5.41, 5.74) is 1.07. The van der Waals surface area contributed by atoms with Crippen molar-refractivity contribution in [3.05, 3.63) is 77.0 Å². The molecule has 4 aromatic rings. The molecule has 0 unspecified atom stereocenters. The second kappa shape index (κ2) is 9.78. The molecule has 1 aliphatic carbocycles. The Morgan fingerprint density at radius 2 is 1.86 bits per heavy atom. The molecule has 0 amide bonds. The van der Waals surface area contributed by atoms with Gasteiger partial charge in [-0.3, -0.25) is 5.10 Å². The molecule has 1 aliphatic rings. The molecule has 0 bridgehead atoms. The van der Waals surface area contributed by atoms with Crippen LogP contribution in [0.4, 0.5) is 17.6 Å². The van der Waals surface area contributed by atoms with Gasteiger partial charge in [0.1, 0.15) is 5.82 Å². The predicted molar refractivity (Wildman–Crippen MR) is 123 cm³/mol. The highest BCUT2D eigenvalue weighted by atomic mass is 32.2. The van der Waals surface area contributed by atoms with Crippen LogP contribution in [0.5, 0.6) is 0 Å². The van der Waals surface area contributed by atoms with Gasteiger partial charge in [-0.25, -0.2) is 22.2 Å². The Labute approximate surface area is 199 Å². The number of para-hydroxylation sites is 1. The van der Waals surface area contributed by atoms with Crippen molar-refractivity contribution >= 4 is 20.9 Å². The number of aromatic nitrogens is 4. The van der Waals surface area contributed by atoms with Crippen molar-refractivity contribution < 1.29 is 26.0 Å². The van der Waals surface area contributed by atoms with Crippen LogP contribution in [-0.2, 0) is 35.6 Å². The highest BCUT2D eigenvalue weighted by molar-refractivity contribution is 7.88. The maximum absolute atomic E-state index is 14.3. The molecule has 2 heterocycles. The highest BCUT2D eigenvalue weighted by Gasteiger charge is 2.39. The van der Waals surface area contributed by atoms with E-state index in [0.717, 1.165) is 34.3 Å². The van der Waals surface area contributed by atoms with Crippen LogP contribution in [-0.4, -0.2) is 34.7 Å². The largest absolute Gasteiger partial charge is 0.435 e. The van der Waals surface area contributed by atoms with Gasteiger partial charge in [0, 0.05) is 28.8 Å². The zero-order chi connectivity index (χ0) is 25.2. The Hall–Kier alpha value is -3.25. The summed E-state index contributed by atoms with van der Waals surface area (Å²) in [6.07, 6.45) is 0.343. The van der Waals surface area contributed by atoms with Gasteiger partial charge < -0.3 is 0 Å². The van der Waals surface area contributed by atoms with Gasteiger partial charge in [0.15, 0.2) is 5.69 Å². The lowest BCUT2D eigenvalue weighted by atomic mass is 9.95. The summed E-state index contributed by atoms with van der Waals surface area (Å²) in [5.74, 6) is -0.715. The lowest BCUT2D eigenvalue weighted by Gasteiger charge is -2.15. The Morgan fingerprint density at radius 1 is 1.11 bits per heavy atom. The van der Waals surface area contributed by atoms with Gasteiger partial charge in [-0.2, -0.15) is 23.4 Å². The van der Waals surface area contributed by atoms with Crippen LogP contribution in [0.25, 0.3) is 16.6 Å². The number of halogens is 4. The molecule has 35 heavy (non-hydrogen) atoms. The first kappa shape index (κ1) is 24.9. The lowest BCUT2D eigenvalue weighted by molar-refractivity contribution is -0.142. The number of fused-ring (bicyclic) bond motifs is 2. The fraction of sp³-hybridized carbons (Fsp3) is 0.304. The second-order valence-electron chi connectivity index (χ2n) is 8.22. The van der Waals surface area contributed by atoms with E-state index >= 15 is 0 Å². The number of aromatic amines is 1. The summed E-state index contributed by atoms with van der Waals surface area (Å²) < 4.78 is 79.6. The average Bonchev–Trinajstić information content (AvgIpc) is 3.43. The van der Waals surface area contributed by atoms with E-state index in [9.17, 15) is 26.0 Å². The molecule has 0 aliphatic heterocycles. The number of benzene rings is 2. The maximum atomic E-state index is 14.3. The minimum atomic E-state index is -4.56. The molecule has 0 saturated carbocycles. The summed E-state index contributed by atoms with van der Waals surface area (Å²) in [7, 11) is -3.49. The van der Waals surface area contributed by atoms with Gasteiger partial charge in [0.2, 0.25) is 10.0 Å². The molecule has 0 spiro atoms. The van der Waals surface area contributed by atoms with Gasteiger partial charge in [-0.1, -0.05) is 24.3 Å². The molecular weight excluding hydrogens is 486 g/mol. The number of H-pyrrole nitrogens is 1. The van der Waals surface area contributed by atoms with Crippen molar-refractivity contribution in [2.75, 3.05) is 6.26 Å². The Balaban J connectivity index is 0.000000266. The van der Waals surface area contributed by atoms with E-state index in [1.54, 1.807) is 0 Å². The van der Waals surface area contributed by atoms with E-state index in [0.29, 0.717) is 25.0 Å². The molecule has 186 valence electrons. The van der Waals surface area contributed by atoms with Crippen LogP contribution < -0.4 is 4.72 Å². The van der Waals surface area contributed by atoms with Gasteiger partial charge in [-0.05, 0) is 43.9 Å². The predicted octanol–water partition coefficient (Wildman–Crippen LogP) is 4.52. The monoisotopic (exact) mass is 509 g/mol. The second-order valence-corrected chi connectivity index (χ2v) is 10.0. The summed E-state index contributed by atoms with van der Waals surface area (Å²) in [4.78, 5) is 0. The van der Waals surface area contributed by atoms with Crippen molar-refractivity contribution in [3.63, 3.8) is 0 Å². The minimum absolute atomic E-state index is 0.0937. The SMILES string of the molecule is CS(=O)(=O)NCc1ccc(-n2nc(C(F)(F)F)c3c2CCCC3)cc1F.c1ccc2[nH]ncc2c1. The summed E-state index contributed by atoms with van der Waals surface area (Å²) >= 11 is 0. The molecule has 12 heteroatoms. The van der Waals surface area contributed by atoms with Crippen LogP contribution in [0, 0.1) is 5.82 Å². The molecule has 2 N–H and O–H groups in total. The fourth-order valence-corrected chi connectivity index (χ4v) is 4.36. The summed E-state index contributed by atoms with van der Waals surface area (Å²) in [6.45, 7) is -0.240. The number of alkyl halides is 3. The first-order valence-electron chi connectivity index (χ1n) is 10.8. The zero-order valence-electron chi connectivity index (χ0n) is 18.7. The van der Waals surface area contributed by atoms with Crippen LogP contribution in [0.15, 0.2) is 48.7 Å². The van der Waals surface area contributed by atoms with E-state index in [1.165, 1.54) is 12.1 Å². The number of rotatable bonds is 4. The Kier molecular flexibility index (Phi) is 6.95. The Morgan fingerprint density at radius 3 is 2.54 bits per heavy atom. The molecule has 7 nitrogen and oxygen atoms in total. The van der Waals surface area contributed by atoms with Crippen molar-refractivity contribution in [2.24, 2.45) is 0 Å². The number of nitrogens with one attached hydrogen (secondary N) is 2. The van der Waals surface area contributed by atoms with E-state index in [4.69, 9.17) is 0 Å². The quantitative estimate of drug-likeness (QED) is 0.396. The Bertz CT molecular complexity index is 1410. The molecule has 0 radical (unpaired) electrons. The summed E-state index contributed by atoms with van der Waals surface area (Å²) in [5, 5.41) is 11.6. The maximum Gasteiger partial charge on any atom is 0.435 e. The van der Waals surface area contributed by atoms with E-state index in [-0.39, 0.29) is 23.4 Å². The van der Waals surface area contributed by atoms with Gasteiger partial charge in [0.05, 0.1) is 23.7 Å². The molecule has 0 saturated heterocycles. The number of hydrogen-bond donors (Lipinski definition) is 2. The minimum Gasteiger partial charge on any atom is -0.278 e. The third kappa shape index (κ3) is 5.88. The average molecular weight is 510 g/mol. The third-order valence-electron chi connectivity index (χ3n) is 5.60. The first-order valence-corrected chi connectivity index (χ1v) is 12.7.